The molecule has 0 fully saturated rings. The molecule has 0 heterocycles. The molecule has 0 saturated carbocycles. The Hall–Kier alpha value is -2.00. The van der Waals surface area contributed by atoms with Gasteiger partial charge in [-0.05, 0) is 48.5 Å². The third kappa shape index (κ3) is 6.27. The quantitative estimate of drug-likeness (QED) is 0.304. The fraction of sp³-hybridized carbons (Fsp3) is 0.0526. The van der Waals surface area contributed by atoms with Crippen LogP contribution in [-0.4, -0.2) is 18.5 Å². The van der Waals surface area contributed by atoms with Crippen LogP contribution in [0.5, 0.6) is 0 Å². The molecule has 0 amide bonds. The highest BCUT2D eigenvalue weighted by atomic mass is 35.5. The highest BCUT2D eigenvalue weighted by Gasteiger charge is 2.36. The van der Waals surface area contributed by atoms with Gasteiger partial charge in [-0.2, -0.15) is 13.2 Å². The molecule has 0 bridgehead atoms. The summed E-state index contributed by atoms with van der Waals surface area (Å²) in [5.74, 6) is 0. The van der Waals surface area contributed by atoms with Crippen LogP contribution >= 0.6 is 11.6 Å². The standard InChI is InChI=1S/C18H14ClS.CHF3O3S/c19-15-11-13-18(14-12-15)20(16-7-3-1-4-8-16)17-9-5-2-6-10-17;2-1(3,4)8(5,6)7/h1-14H;(H,5,6,7)/q+1;/p-1. The lowest BCUT2D eigenvalue weighted by Crippen LogP contribution is -2.21. The number of alkyl halides is 3. The first-order valence-electron chi connectivity index (χ1n) is 7.72. The normalized spacial score (nSPS) is 11.6. The Bertz CT molecular complexity index is 939. The topological polar surface area (TPSA) is 57.2 Å². The Labute approximate surface area is 168 Å². The average Bonchev–Trinajstić information content (AvgIpc) is 2.64. The van der Waals surface area contributed by atoms with Crippen LogP contribution in [0.25, 0.3) is 0 Å². The molecule has 0 unspecified atom stereocenters. The van der Waals surface area contributed by atoms with Crippen molar-refractivity contribution in [1.82, 2.24) is 0 Å². The van der Waals surface area contributed by atoms with Crippen LogP contribution in [0.4, 0.5) is 13.2 Å². The van der Waals surface area contributed by atoms with E-state index >= 15 is 0 Å². The van der Waals surface area contributed by atoms with Gasteiger partial charge in [0.2, 0.25) is 0 Å². The fourth-order valence-corrected chi connectivity index (χ4v) is 4.30. The van der Waals surface area contributed by atoms with Crippen molar-refractivity contribution in [3.63, 3.8) is 0 Å². The summed E-state index contributed by atoms with van der Waals surface area (Å²) in [4.78, 5) is 3.92. The van der Waals surface area contributed by atoms with Crippen molar-refractivity contribution < 1.29 is 26.1 Å². The zero-order chi connectivity index (χ0) is 20.8. The first-order valence-corrected chi connectivity index (χ1v) is 10.7. The maximum Gasteiger partial charge on any atom is 0.485 e. The molecule has 0 radical (unpaired) electrons. The molecule has 0 aliphatic rings. The van der Waals surface area contributed by atoms with E-state index in [1.165, 1.54) is 14.7 Å². The van der Waals surface area contributed by atoms with Crippen molar-refractivity contribution in [2.24, 2.45) is 0 Å². The Kier molecular flexibility index (Phi) is 7.54. The summed E-state index contributed by atoms with van der Waals surface area (Å²) in [6.45, 7) is 0. The number of benzene rings is 3. The van der Waals surface area contributed by atoms with Gasteiger partial charge in [0, 0.05) is 5.02 Å². The summed E-state index contributed by atoms with van der Waals surface area (Å²) in [7, 11) is -6.17. The van der Waals surface area contributed by atoms with Gasteiger partial charge in [-0.3, -0.25) is 0 Å². The first kappa shape index (κ1) is 22.3. The van der Waals surface area contributed by atoms with Crippen molar-refractivity contribution in [2.45, 2.75) is 20.2 Å². The van der Waals surface area contributed by atoms with E-state index in [1.54, 1.807) is 0 Å². The summed E-state index contributed by atoms with van der Waals surface area (Å²) >= 11 is 6.01. The van der Waals surface area contributed by atoms with E-state index < -0.39 is 15.6 Å². The smallest absolute Gasteiger partial charge is 0.485 e. The van der Waals surface area contributed by atoms with E-state index in [0.717, 1.165) is 5.02 Å². The zero-order valence-corrected chi connectivity index (χ0v) is 16.5. The van der Waals surface area contributed by atoms with Crippen molar-refractivity contribution in [1.29, 1.82) is 0 Å². The minimum Gasteiger partial charge on any atom is -0.741 e. The summed E-state index contributed by atoms with van der Waals surface area (Å²) < 4.78 is 58.9. The van der Waals surface area contributed by atoms with Crippen LogP contribution in [0.1, 0.15) is 0 Å². The summed E-state index contributed by atoms with van der Waals surface area (Å²) in [6.07, 6.45) is 0. The first-order chi connectivity index (χ1) is 13.1. The lowest BCUT2D eigenvalue weighted by molar-refractivity contribution is -0.0517. The summed E-state index contributed by atoms with van der Waals surface area (Å²) in [6, 6.07) is 29.4. The largest absolute Gasteiger partial charge is 0.741 e. The zero-order valence-electron chi connectivity index (χ0n) is 14.1. The summed E-state index contributed by atoms with van der Waals surface area (Å²) in [5.41, 5.74) is -5.65. The molecule has 3 aromatic carbocycles. The Morgan fingerprint density at radius 1 is 0.714 bits per heavy atom. The van der Waals surface area contributed by atoms with Crippen LogP contribution in [0, 0.1) is 0 Å². The molecular weight excluding hydrogens is 433 g/mol. The molecule has 0 aliphatic carbocycles. The monoisotopic (exact) mass is 446 g/mol. The average molecular weight is 447 g/mol. The number of rotatable bonds is 3. The highest BCUT2D eigenvalue weighted by molar-refractivity contribution is 7.97. The minimum atomic E-state index is -6.09. The number of hydrogen-bond donors (Lipinski definition) is 0. The van der Waals surface area contributed by atoms with E-state index in [2.05, 4.69) is 72.8 Å². The second-order valence-corrected chi connectivity index (χ2v) is 9.12. The van der Waals surface area contributed by atoms with E-state index in [0.29, 0.717) is 0 Å². The molecule has 3 rings (SSSR count). The van der Waals surface area contributed by atoms with Crippen LogP contribution in [0.15, 0.2) is 99.6 Å². The maximum atomic E-state index is 10.7. The van der Waals surface area contributed by atoms with Gasteiger partial charge >= 0.3 is 5.51 Å². The summed E-state index contributed by atoms with van der Waals surface area (Å²) in [5, 5.41) is 0.776. The lowest BCUT2D eigenvalue weighted by Gasteiger charge is -2.08. The fourth-order valence-electron chi connectivity index (χ4n) is 2.09. The Morgan fingerprint density at radius 3 is 1.36 bits per heavy atom. The van der Waals surface area contributed by atoms with E-state index in [9.17, 15) is 13.2 Å². The molecule has 0 N–H and O–H groups in total. The van der Waals surface area contributed by atoms with Crippen LogP contribution < -0.4 is 0 Å². The van der Waals surface area contributed by atoms with Gasteiger partial charge in [0.15, 0.2) is 24.8 Å². The van der Waals surface area contributed by atoms with Crippen molar-refractivity contribution in [3.8, 4) is 0 Å². The van der Waals surface area contributed by atoms with Gasteiger partial charge in [-0.25, -0.2) is 8.42 Å². The number of hydrogen-bond acceptors (Lipinski definition) is 3. The van der Waals surface area contributed by atoms with E-state index in [1.807, 2.05) is 12.1 Å². The van der Waals surface area contributed by atoms with Gasteiger partial charge in [0.05, 0.1) is 10.9 Å². The molecule has 0 aromatic heterocycles. The Morgan fingerprint density at radius 2 is 1.04 bits per heavy atom. The SMILES string of the molecule is Clc1ccc([S+](c2ccccc2)c2ccccc2)cc1.O=S(=O)([O-])C(F)(F)F. The van der Waals surface area contributed by atoms with Crippen molar-refractivity contribution in [3.05, 3.63) is 90.0 Å². The predicted octanol–water partition coefficient (Wildman–Crippen LogP) is 5.49. The molecule has 9 heteroatoms. The maximum absolute atomic E-state index is 10.7. The molecule has 3 aromatic rings. The molecule has 148 valence electrons. The van der Waals surface area contributed by atoms with E-state index in [4.69, 9.17) is 24.6 Å². The van der Waals surface area contributed by atoms with E-state index in [-0.39, 0.29) is 10.9 Å². The third-order valence-corrected chi connectivity index (χ3v) is 6.34. The molecule has 28 heavy (non-hydrogen) atoms. The van der Waals surface area contributed by atoms with Gasteiger partial charge in [0.25, 0.3) is 0 Å². The molecule has 0 spiro atoms. The molecule has 0 saturated heterocycles. The van der Waals surface area contributed by atoms with Crippen LogP contribution in [0.2, 0.25) is 5.02 Å². The lowest BCUT2D eigenvalue weighted by atomic mass is 10.4. The van der Waals surface area contributed by atoms with Crippen LogP contribution in [-0.2, 0) is 21.0 Å². The van der Waals surface area contributed by atoms with Crippen molar-refractivity contribution >= 4 is 32.6 Å². The molecule has 3 nitrogen and oxygen atoms in total. The van der Waals surface area contributed by atoms with Gasteiger partial charge in [-0.1, -0.05) is 48.0 Å². The number of halogens is 4. The Balaban J connectivity index is 0.000000300. The second kappa shape index (κ2) is 9.47. The van der Waals surface area contributed by atoms with Gasteiger partial charge in [-0.15, -0.1) is 0 Å². The van der Waals surface area contributed by atoms with Crippen LogP contribution in [0.3, 0.4) is 0 Å². The predicted molar refractivity (Wildman–Crippen MR) is 102 cm³/mol. The molecule has 0 atom stereocenters. The molecule has 0 aliphatic heterocycles. The van der Waals surface area contributed by atoms with Gasteiger partial charge < -0.3 is 4.55 Å². The van der Waals surface area contributed by atoms with Crippen molar-refractivity contribution in [2.75, 3.05) is 0 Å². The second-order valence-electron chi connectivity index (χ2n) is 5.29. The molecular formula is C19H14ClF3O3S2. The highest BCUT2D eigenvalue weighted by Crippen LogP contribution is 2.31. The van der Waals surface area contributed by atoms with Gasteiger partial charge in [0.1, 0.15) is 0 Å². The minimum absolute atomic E-state index is 0.0815. The third-order valence-electron chi connectivity index (χ3n) is 3.29.